The molecule has 1 aliphatic heterocycles. The maximum Gasteiger partial charge on any atom is 0.00501 e. The van der Waals surface area contributed by atoms with E-state index in [0.29, 0.717) is 5.41 Å². The van der Waals surface area contributed by atoms with Gasteiger partial charge in [0.15, 0.2) is 0 Å². The van der Waals surface area contributed by atoms with Crippen molar-refractivity contribution >= 4 is 0 Å². The zero-order chi connectivity index (χ0) is 15.7. The van der Waals surface area contributed by atoms with Crippen LogP contribution in [0.2, 0.25) is 0 Å². The van der Waals surface area contributed by atoms with Crippen molar-refractivity contribution in [2.24, 2.45) is 17.3 Å². The second-order valence-corrected chi connectivity index (χ2v) is 8.17. The van der Waals surface area contributed by atoms with Crippen molar-refractivity contribution in [1.82, 2.24) is 10.2 Å². The average molecular weight is 297 g/mol. The first-order valence-corrected chi connectivity index (χ1v) is 9.40. The lowest BCUT2D eigenvalue weighted by Crippen LogP contribution is -2.48. The molecule has 1 aliphatic rings. The first-order chi connectivity index (χ1) is 9.97. The lowest BCUT2D eigenvalue weighted by Gasteiger charge is -2.42. The summed E-state index contributed by atoms with van der Waals surface area (Å²) >= 11 is 0. The predicted molar refractivity (Wildman–Crippen MR) is 94.8 cm³/mol. The Morgan fingerprint density at radius 2 is 1.67 bits per heavy atom. The van der Waals surface area contributed by atoms with Crippen molar-refractivity contribution in [2.45, 2.75) is 73.1 Å². The SMILES string of the molecule is CCCC1(CN(CCC(C)C)CCC(C)C)CCCNC1. The molecule has 1 unspecified atom stereocenters. The molecule has 1 rings (SSSR count). The Kier molecular flexibility index (Phi) is 8.89. The molecule has 1 fully saturated rings. The van der Waals surface area contributed by atoms with E-state index in [9.17, 15) is 0 Å². The molecule has 0 aliphatic carbocycles. The maximum atomic E-state index is 3.67. The van der Waals surface area contributed by atoms with Gasteiger partial charge < -0.3 is 10.2 Å². The summed E-state index contributed by atoms with van der Waals surface area (Å²) in [7, 11) is 0. The number of rotatable bonds is 10. The molecule has 2 heteroatoms. The van der Waals surface area contributed by atoms with Crippen molar-refractivity contribution in [2.75, 3.05) is 32.7 Å². The van der Waals surface area contributed by atoms with Crippen LogP contribution < -0.4 is 5.32 Å². The van der Waals surface area contributed by atoms with Gasteiger partial charge in [0.1, 0.15) is 0 Å². The average Bonchev–Trinajstić information content (AvgIpc) is 2.43. The molecule has 1 atom stereocenters. The van der Waals surface area contributed by atoms with E-state index in [1.54, 1.807) is 0 Å². The lowest BCUT2D eigenvalue weighted by molar-refractivity contribution is 0.0991. The van der Waals surface area contributed by atoms with Crippen molar-refractivity contribution in [1.29, 1.82) is 0 Å². The van der Waals surface area contributed by atoms with Gasteiger partial charge in [-0.05, 0) is 69.0 Å². The molecule has 0 spiro atoms. The van der Waals surface area contributed by atoms with E-state index in [4.69, 9.17) is 0 Å². The fourth-order valence-corrected chi connectivity index (χ4v) is 3.61. The molecule has 0 bridgehead atoms. The van der Waals surface area contributed by atoms with Gasteiger partial charge in [-0.3, -0.25) is 0 Å². The molecule has 1 N–H and O–H groups in total. The largest absolute Gasteiger partial charge is 0.316 e. The van der Waals surface area contributed by atoms with Crippen molar-refractivity contribution in [3.05, 3.63) is 0 Å². The summed E-state index contributed by atoms with van der Waals surface area (Å²) in [5.74, 6) is 1.64. The Morgan fingerprint density at radius 3 is 2.10 bits per heavy atom. The van der Waals surface area contributed by atoms with E-state index in [1.165, 1.54) is 71.2 Å². The second kappa shape index (κ2) is 9.84. The summed E-state index contributed by atoms with van der Waals surface area (Å²) in [6.45, 7) is 18.1. The summed E-state index contributed by atoms with van der Waals surface area (Å²) in [6.07, 6.45) is 8.18. The van der Waals surface area contributed by atoms with Gasteiger partial charge in [0.05, 0.1) is 0 Å². The minimum Gasteiger partial charge on any atom is -0.316 e. The van der Waals surface area contributed by atoms with Crippen LogP contribution in [0.1, 0.15) is 73.1 Å². The third-order valence-corrected chi connectivity index (χ3v) is 4.95. The van der Waals surface area contributed by atoms with E-state index in [-0.39, 0.29) is 0 Å². The Hall–Kier alpha value is -0.0800. The Balaban J connectivity index is 2.60. The summed E-state index contributed by atoms with van der Waals surface area (Å²) in [5.41, 5.74) is 0.543. The number of nitrogens with zero attached hydrogens (tertiary/aromatic N) is 1. The van der Waals surface area contributed by atoms with Crippen molar-refractivity contribution in [3.63, 3.8) is 0 Å². The van der Waals surface area contributed by atoms with Gasteiger partial charge in [-0.2, -0.15) is 0 Å². The van der Waals surface area contributed by atoms with Gasteiger partial charge in [0, 0.05) is 13.1 Å². The van der Waals surface area contributed by atoms with Crippen molar-refractivity contribution < 1.29 is 0 Å². The van der Waals surface area contributed by atoms with Crippen molar-refractivity contribution in [3.8, 4) is 0 Å². The number of hydrogen-bond acceptors (Lipinski definition) is 2. The lowest BCUT2D eigenvalue weighted by atomic mass is 9.76. The van der Waals surface area contributed by atoms with Crippen LogP contribution in [0.5, 0.6) is 0 Å². The molecule has 0 radical (unpaired) electrons. The number of nitrogens with one attached hydrogen (secondary N) is 1. The topological polar surface area (TPSA) is 15.3 Å². The minimum atomic E-state index is 0.543. The molecule has 2 nitrogen and oxygen atoms in total. The van der Waals surface area contributed by atoms with Gasteiger partial charge in [0.25, 0.3) is 0 Å². The molecule has 1 saturated heterocycles. The molecule has 126 valence electrons. The zero-order valence-corrected chi connectivity index (χ0v) is 15.4. The third kappa shape index (κ3) is 7.65. The highest BCUT2D eigenvalue weighted by molar-refractivity contribution is 4.88. The fraction of sp³-hybridized carbons (Fsp3) is 1.00. The quantitative estimate of drug-likeness (QED) is 0.636. The Morgan fingerprint density at radius 1 is 1.05 bits per heavy atom. The van der Waals surface area contributed by atoms with Crippen LogP contribution in [0.4, 0.5) is 0 Å². The second-order valence-electron chi connectivity index (χ2n) is 8.17. The van der Waals surface area contributed by atoms with Crippen LogP contribution in [-0.2, 0) is 0 Å². The Labute approximate surface area is 134 Å². The van der Waals surface area contributed by atoms with Gasteiger partial charge in [-0.1, -0.05) is 41.0 Å². The molecule has 0 amide bonds. The fourth-order valence-electron chi connectivity index (χ4n) is 3.61. The van der Waals surface area contributed by atoms with Crippen LogP contribution in [0, 0.1) is 17.3 Å². The molecule has 21 heavy (non-hydrogen) atoms. The van der Waals surface area contributed by atoms with E-state index in [0.717, 1.165) is 11.8 Å². The minimum absolute atomic E-state index is 0.543. The molecule has 0 aromatic rings. The summed E-state index contributed by atoms with van der Waals surface area (Å²) in [4.78, 5) is 2.78. The molecule has 0 aromatic heterocycles. The first-order valence-electron chi connectivity index (χ1n) is 9.40. The zero-order valence-electron chi connectivity index (χ0n) is 15.4. The van der Waals surface area contributed by atoms with Crippen LogP contribution in [0.15, 0.2) is 0 Å². The van der Waals surface area contributed by atoms with E-state index < -0.39 is 0 Å². The smallest absolute Gasteiger partial charge is 0.00501 e. The molecule has 1 heterocycles. The van der Waals surface area contributed by atoms with Gasteiger partial charge >= 0.3 is 0 Å². The summed E-state index contributed by atoms with van der Waals surface area (Å²) in [5, 5.41) is 3.67. The highest BCUT2D eigenvalue weighted by Gasteiger charge is 2.32. The molecule has 0 saturated carbocycles. The number of piperidine rings is 1. The maximum absolute atomic E-state index is 3.67. The first kappa shape index (κ1) is 19.0. The monoisotopic (exact) mass is 296 g/mol. The van der Waals surface area contributed by atoms with Crippen LogP contribution in [0.3, 0.4) is 0 Å². The summed E-state index contributed by atoms with van der Waals surface area (Å²) in [6, 6.07) is 0. The standard InChI is InChI=1S/C19H40N2/c1-6-10-19(11-7-12-20-15-19)16-21(13-8-17(2)3)14-9-18(4)5/h17-18,20H,6-16H2,1-5H3. The van der Waals surface area contributed by atoms with Crippen LogP contribution >= 0.6 is 0 Å². The van der Waals surface area contributed by atoms with Crippen LogP contribution in [0.25, 0.3) is 0 Å². The molecular weight excluding hydrogens is 256 g/mol. The summed E-state index contributed by atoms with van der Waals surface area (Å²) < 4.78 is 0. The van der Waals surface area contributed by atoms with Gasteiger partial charge in [-0.25, -0.2) is 0 Å². The molecular formula is C19H40N2. The van der Waals surface area contributed by atoms with E-state index in [2.05, 4.69) is 44.8 Å². The predicted octanol–water partition coefficient (Wildman–Crippen LogP) is 4.55. The van der Waals surface area contributed by atoms with E-state index >= 15 is 0 Å². The normalized spacial score (nSPS) is 23.4. The Bertz CT molecular complexity index is 237. The number of hydrogen-bond donors (Lipinski definition) is 1. The van der Waals surface area contributed by atoms with Gasteiger partial charge in [-0.15, -0.1) is 0 Å². The third-order valence-electron chi connectivity index (χ3n) is 4.95. The van der Waals surface area contributed by atoms with Gasteiger partial charge in [0.2, 0.25) is 0 Å². The molecule has 0 aromatic carbocycles. The highest BCUT2D eigenvalue weighted by atomic mass is 15.1. The van der Waals surface area contributed by atoms with E-state index in [1.807, 2.05) is 0 Å². The highest BCUT2D eigenvalue weighted by Crippen LogP contribution is 2.33. The van der Waals surface area contributed by atoms with Crippen LogP contribution in [-0.4, -0.2) is 37.6 Å².